The smallest absolute Gasteiger partial charge is 0.165 e. The molecule has 0 saturated carbocycles. The lowest BCUT2D eigenvalue weighted by atomic mass is 9.87. The molecule has 1 saturated heterocycles. The van der Waals surface area contributed by atoms with Crippen LogP contribution in [0.5, 0.6) is 0 Å². The van der Waals surface area contributed by atoms with Crippen LogP contribution in [0.15, 0.2) is 30.7 Å². The van der Waals surface area contributed by atoms with Crippen LogP contribution >= 0.6 is 35.6 Å². The second-order valence-electron chi connectivity index (χ2n) is 7.32. The Morgan fingerprint density at radius 3 is 2.59 bits per heavy atom. The first-order valence-electron chi connectivity index (χ1n) is 9.16. The fourth-order valence-electron chi connectivity index (χ4n) is 3.74. The number of aliphatic hydroxyl groups is 3. The lowest BCUT2D eigenvalue weighted by molar-refractivity contribution is -0.135. The number of halogens is 4. The molecule has 0 bridgehead atoms. The van der Waals surface area contributed by atoms with E-state index < -0.39 is 36.0 Å². The zero-order valence-electron chi connectivity index (χ0n) is 16.7. The average Bonchev–Trinajstić information content (AvgIpc) is 3.22. The standard InChI is InChI=1S/C19H19Cl2FN4O5.ClH/c1-19(29,8-3-4-9(20)10(21)5-8)15-13(27)14(28)18(31-15)26-6-11(22)12-16(25-30-2)23-7-24-17(12)26;/h3-7,13-15,18,27-29H,1-2H3,(H,23,24,25);1H/t13-,14+,15-,18+,19?;/m0./s1. The molecule has 3 aromatic rings. The number of hydrogen-bond donors (Lipinski definition) is 4. The van der Waals surface area contributed by atoms with Crippen LogP contribution in [0.3, 0.4) is 0 Å². The van der Waals surface area contributed by atoms with Gasteiger partial charge >= 0.3 is 0 Å². The Hall–Kier alpha value is -1.76. The van der Waals surface area contributed by atoms with Crippen molar-refractivity contribution in [3.63, 3.8) is 0 Å². The minimum absolute atomic E-state index is 0. The monoisotopic (exact) mass is 508 g/mol. The number of fused-ring (bicyclic) bond motifs is 1. The molecule has 1 fully saturated rings. The molecular weight excluding hydrogens is 490 g/mol. The quantitative estimate of drug-likeness (QED) is 0.387. The van der Waals surface area contributed by atoms with E-state index in [4.69, 9.17) is 32.8 Å². The van der Waals surface area contributed by atoms with E-state index in [1.54, 1.807) is 0 Å². The lowest BCUT2D eigenvalue weighted by Gasteiger charge is -2.32. The molecule has 4 rings (SSSR count). The number of rotatable bonds is 5. The molecule has 0 spiro atoms. The van der Waals surface area contributed by atoms with Gasteiger partial charge in [0, 0.05) is 6.20 Å². The van der Waals surface area contributed by atoms with Gasteiger partial charge in [-0.3, -0.25) is 4.84 Å². The summed E-state index contributed by atoms with van der Waals surface area (Å²) in [5.74, 6) is -0.615. The first-order chi connectivity index (χ1) is 14.7. The molecule has 9 nitrogen and oxygen atoms in total. The van der Waals surface area contributed by atoms with Crippen molar-refractivity contribution in [1.82, 2.24) is 14.5 Å². The van der Waals surface area contributed by atoms with Gasteiger partial charge in [-0.1, -0.05) is 29.3 Å². The van der Waals surface area contributed by atoms with Gasteiger partial charge in [0.2, 0.25) is 0 Å². The molecule has 13 heteroatoms. The Bertz CT molecular complexity index is 1130. The summed E-state index contributed by atoms with van der Waals surface area (Å²) in [6.07, 6.45) is -3.27. The number of benzene rings is 1. The molecule has 174 valence electrons. The van der Waals surface area contributed by atoms with Gasteiger partial charge in [0.1, 0.15) is 30.2 Å². The summed E-state index contributed by atoms with van der Waals surface area (Å²) < 4.78 is 21.7. The van der Waals surface area contributed by atoms with Crippen molar-refractivity contribution in [3.8, 4) is 0 Å². The van der Waals surface area contributed by atoms with Crippen LogP contribution in [0.1, 0.15) is 18.7 Å². The zero-order chi connectivity index (χ0) is 22.5. The number of nitrogens with one attached hydrogen (secondary N) is 1. The molecular formula is C19H20Cl3FN4O5. The summed E-state index contributed by atoms with van der Waals surface area (Å²) in [6.45, 7) is 1.41. The predicted molar refractivity (Wildman–Crippen MR) is 117 cm³/mol. The second-order valence-corrected chi connectivity index (χ2v) is 8.13. The topological polar surface area (TPSA) is 122 Å². The first kappa shape index (κ1) is 24.9. The van der Waals surface area contributed by atoms with E-state index in [0.717, 1.165) is 6.20 Å². The Kier molecular flexibility index (Phi) is 7.18. The van der Waals surface area contributed by atoms with Crippen LogP contribution in [0.25, 0.3) is 11.0 Å². The van der Waals surface area contributed by atoms with Crippen LogP contribution in [0.4, 0.5) is 10.2 Å². The van der Waals surface area contributed by atoms with Crippen LogP contribution in [0, 0.1) is 5.82 Å². The SMILES string of the molecule is CONc1ncnc2c1c(F)cn2[C@@H]1O[C@H](C(C)(O)c2ccc(Cl)c(Cl)c2)[C@@H](O)[C@H]1O.Cl. The van der Waals surface area contributed by atoms with Gasteiger partial charge in [-0.25, -0.2) is 19.8 Å². The first-order valence-corrected chi connectivity index (χ1v) is 9.92. The maximum absolute atomic E-state index is 14.7. The molecule has 4 N–H and O–H groups in total. The zero-order valence-corrected chi connectivity index (χ0v) is 19.1. The van der Waals surface area contributed by atoms with Crippen LogP contribution < -0.4 is 5.48 Å². The molecule has 1 aromatic carbocycles. The minimum atomic E-state index is -1.76. The summed E-state index contributed by atoms with van der Waals surface area (Å²) >= 11 is 12.0. The number of ether oxygens (including phenoxy) is 1. The van der Waals surface area contributed by atoms with Crippen molar-refractivity contribution >= 4 is 52.5 Å². The fourth-order valence-corrected chi connectivity index (χ4v) is 4.04. The van der Waals surface area contributed by atoms with Crippen molar-refractivity contribution in [1.29, 1.82) is 0 Å². The van der Waals surface area contributed by atoms with Crippen molar-refractivity contribution in [2.45, 2.75) is 37.1 Å². The van der Waals surface area contributed by atoms with Crippen molar-refractivity contribution in [2.75, 3.05) is 12.6 Å². The number of aromatic nitrogens is 3. The maximum Gasteiger partial charge on any atom is 0.165 e. The third-order valence-electron chi connectivity index (χ3n) is 5.33. The van der Waals surface area contributed by atoms with Crippen LogP contribution in [-0.2, 0) is 15.2 Å². The van der Waals surface area contributed by atoms with E-state index in [2.05, 4.69) is 15.4 Å². The Morgan fingerprint density at radius 2 is 1.94 bits per heavy atom. The van der Waals surface area contributed by atoms with Gasteiger partial charge in [-0.15, -0.1) is 12.4 Å². The molecule has 1 aliphatic heterocycles. The highest BCUT2D eigenvalue weighted by Crippen LogP contribution is 2.42. The van der Waals surface area contributed by atoms with Gasteiger partial charge in [-0.2, -0.15) is 0 Å². The Morgan fingerprint density at radius 1 is 1.22 bits per heavy atom. The summed E-state index contributed by atoms with van der Waals surface area (Å²) in [6, 6.07) is 4.48. The molecule has 0 aliphatic carbocycles. The van der Waals surface area contributed by atoms with E-state index in [9.17, 15) is 19.7 Å². The van der Waals surface area contributed by atoms with Crippen LogP contribution in [0.2, 0.25) is 10.0 Å². The second kappa shape index (κ2) is 9.24. The van der Waals surface area contributed by atoms with Gasteiger partial charge in [-0.05, 0) is 24.6 Å². The van der Waals surface area contributed by atoms with Gasteiger partial charge in [0.25, 0.3) is 0 Å². The minimum Gasteiger partial charge on any atom is -0.387 e. The van der Waals surface area contributed by atoms with E-state index in [1.807, 2.05) is 0 Å². The fraction of sp³-hybridized carbons (Fsp3) is 0.368. The molecule has 5 atom stereocenters. The van der Waals surface area contributed by atoms with E-state index in [1.165, 1.54) is 43.1 Å². The summed E-state index contributed by atoms with van der Waals surface area (Å²) in [4.78, 5) is 12.8. The highest BCUT2D eigenvalue weighted by Gasteiger charge is 2.52. The molecule has 3 heterocycles. The third kappa shape index (κ3) is 4.02. The Labute approximate surface area is 198 Å². The number of aliphatic hydroxyl groups excluding tert-OH is 2. The van der Waals surface area contributed by atoms with Crippen molar-refractivity contribution in [2.24, 2.45) is 0 Å². The molecule has 32 heavy (non-hydrogen) atoms. The van der Waals surface area contributed by atoms with Crippen LogP contribution in [-0.4, -0.2) is 55.3 Å². The molecule has 2 aromatic heterocycles. The largest absolute Gasteiger partial charge is 0.387 e. The van der Waals surface area contributed by atoms with Crippen molar-refractivity contribution < 1.29 is 29.3 Å². The highest BCUT2D eigenvalue weighted by molar-refractivity contribution is 6.42. The molecule has 0 radical (unpaired) electrons. The number of anilines is 1. The average molecular weight is 510 g/mol. The van der Waals surface area contributed by atoms with Gasteiger partial charge < -0.3 is 24.6 Å². The lowest BCUT2D eigenvalue weighted by Crippen LogP contribution is -2.45. The third-order valence-corrected chi connectivity index (χ3v) is 6.07. The molecule has 1 aliphatic rings. The van der Waals surface area contributed by atoms with E-state index in [0.29, 0.717) is 10.6 Å². The summed E-state index contributed by atoms with van der Waals surface area (Å²) in [5, 5.41) is 33.0. The molecule has 1 unspecified atom stereocenters. The van der Waals surface area contributed by atoms with E-state index in [-0.39, 0.29) is 34.3 Å². The maximum atomic E-state index is 14.7. The van der Waals surface area contributed by atoms with Gasteiger partial charge in [0.15, 0.2) is 23.5 Å². The van der Waals surface area contributed by atoms with Crippen molar-refractivity contribution in [3.05, 3.63) is 52.1 Å². The number of nitrogens with zero attached hydrogens (tertiary/aromatic N) is 3. The normalized spacial score (nSPS) is 24.9. The summed E-state index contributed by atoms with van der Waals surface area (Å²) in [5.41, 5.74) is 1.11. The predicted octanol–water partition coefficient (Wildman–Crippen LogP) is 2.80. The molecule has 0 amide bonds. The summed E-state index contributed by atoms with van der Waals surface area (Å²) in [7, 11) is 1.35. The number of hydrogen-bond acceptors (Lipinski definition) is 8. The van der Waals surface area contributed by atoms with Gasteiger partial charge in [0.05, 0.1) is 22.5 Å². The van der Waals surface area contributed by atoms with E-state index >= 15 is 0 Å². The highest BCUT2D eigenvalue weighted by atomic mass is 35.5. The Balaban J connectivity index is 0.00000289.